The molecule has 0 bridgehead atoms. The molecule has 2 aliphatic rings. The van der Waals surface area contributed by atoms with E-state index in [0.717, 1.165) is 39.1 Å². The number of hydrogen-bond acceptors (Lipinski definition) is 3. The van der Waals surface area contributed by atoms with Crippen LogP contribution >= 0.6 is 0 Å². The average Bonchev–Trinajstić information content (AvgIpc) is 2.67. The lowest BCUT2D eigenvalue weighted by atomic mass is 9.80. The fourth-order valence-electron chi connectivity index (χ4n) is 3.03. The van der Waals surface area contributed by atoms with E-state index in [1.54, 1.807) is 0 Å². The van der Waals surface area contributed by atoms with E-state index in [4.69, 9.17) is 0 Å². The molecule has 2 heterocycles. The zero-order valence-corrected chi connectivity index (χ0v) is 12.0. The highest BCUT2D eigenvalue weighted by molar-refractivity contribution is 5.83. The molecule has 18 heavy (non-hydrogen) atoms. The molecule has 0 saturated carbocycles. The molecule has 0 radical (unpaired) electrons. The van der Waals surface area contributed by atoms with E-state index in [0.29, 0.717) is 11.3 Å². The highest BCUT2D eigenvalue weighted by Crippen LogP contribution is 2.32. The molecule has 4 heteroatoms. The topological polar surface area (TPSA) is 35.6 Å². The molecule has 0 spiro atoms. The number of rotatable bonds is 4. The summed E-state index contributed by atoms with van der Waals surface area (Å²) in [5.74, 6) is 0.317. The van der Waals surface area contributed by atoms with E-state index in [2.05, 4.69) is 31.1 Å². The second-order valence-corrected chi connectivity index (χ2v) is 6.35. The third kappa shape index (κ3) is 3.04. The van der Waals surface area contributed by atoms with Crippen molar-refractivity contribution in [2.45, 2.75) is 45.6 Å². The second-order valence-electron chi connectivity index (χ2n) is 6.35. The number of amides is 1. The van der Waals surface area contributed by atoms with Gasteiger partial charge in [-0.2, -0.15) is 0 Å². The third-order valence-corrected chi connectivity index (χ3v) is 4.48. The van der Waals surface area contributed by atoms with Crippen molar-refractivity contribution < 1.29 is 4.79 Å². The predicted octanol–water partition coefficient (Wildman–Crippen LogP) is 1.28. The number of nitrogens with zero attached hydrogens (tertiary/aromatic N) is 2. The van der Waals surface area contributed by atoms with Crippen molar-refractivity contribution in [3.8, 4) is 0 Å². The molecule has 2 aliphatic heterocycles. The van der Waals surface area contributed by atoms with E-state index in [1.807, 2.05) is 4.90 Å². The Kier molecular flexibility index (Phi) is 4.28. The van der Waals surface area contributed by atoms with Gasteiger partial charge in [0.05, 0.1) is 12.7 Å². The highest BCUT2D eigenvalue weighted by atomic mass is 16.2. The van der Waals surface area contributed by atoms with Crippen LogP contribution in [-0.2, 0) is 4.79 Å². The molecular formula is C14H27N3O. The van der Waals surface area contributed by atoms with Crippen LogP contribution in [0.3, 0.4) is 0 Å². The molecule has 104 valence electrons. The van der Waals surface area contributed by atoms with Gasteiger partial charge in [-0.15, -0.1) is 0 Å². The van der Waals surface area contributed by atoms with Gasteiger partial charge >= 0.3 is 0 Å². The standard InChI is InChI=1S/C14H27N3O/c1-4-5-12-13(18)17(11-15-12)10-14(2)6-8-16(3)9-7-14/h12,15H,4-11H2,1-3H3. The minimum Gasteiger partial charge on any atom is -0.328 e. The van der Waals surface area contributed by atoms with Gasteiger partial charge in [-0.25, -0.2) is 0 Å². The molecule has 0 aromatic carbocycles. The first kappa shape index (κ1) is 13.8. The quantitative estimate of drug-likeness (QED) is 0.820. The van der Waals surface area contributed by atoms with Crippen molar-refractivity contribution in [3.63, 3.8) is 0 Å². The molecule has 0 aromatic rings. The molecule has 2 rings (SSSR count). The van der Waals surface area contributed by atoms with Gasteiger partial charge in [-0.05, 0) is 44.8 Å². The number of carbonyl (C=O) groups excluding carboxylic acids is 1. The molecule has 1 unspecified atom stereocenters. The second kappa shape index (κ2) is 5.57. The summed E-state index contributed by atoms with van der Waals surface area (Å²) in [6, 6.07) is 0.0739. The lowest BCUT2D eigenvalue weighted by molar-refractivity contribution is -0.130. The summed E-state index contributed by atoms with van der Waals surface area (Å²) in [6.45, 7) is 8.45. The Morgan fingerprint density at radius 3 is 2.67 bits per heavy atom. The zero-order chi connectivity index (χ0) is 13.2. The normalized spacial score (nSPS) is 28.9. The fourth-order valence-corrected chi connectivity index (χ4v) is 3.03. The Morgan fingerprint density at radius 2 is 2.06 bits per heavy atom. The summed E-state index contributed by atoms with van der Waals surface area (Å²) in [4.78, 5) is 16.6. The first-order valence-electron chi connectivity index (χ1n) is 7.25. The maximum atomic E-state index is 12.2. The van der Waals surface area contributed by atoms with Crippen LogP contribution in [0.15, 0.2) is 0 Å². The number of hydrogen-bond donors (Lipinski definition) is 1. The summed E-state index contributed by atoms with van der Waals surface area (Å²) in [5, 5.41) is 3.34. The molecule has 2 saturated heterocycles. The summed E-state index contributed by atoms with van der Waals surface area (Å²) in [5.41, 5.74) is 0.310. The van der Waals surface area contributed by atoms with Crippen molar-refractivity contribution in [3.05, 3.63) is 0 Å². The molecule has 0 aromatic heterocycles. The number of likely N-dealkylation sites (tertiary alicyclic amines) is 1. The number of nitrogens with one attached hydrogen (secondary N) is 1. The predicted molar refractivity (Wildman–Crippen MR) is 73.2 cm³/mol. The van der Waals surface area contributed by atoms with Crippen LogP contribution in [0, 0.1) is 5.41 Å². The van der Waals surface area contributed by atoms with E-state index in [-0.39, 0.29) is 6.04 Å². The lowest BCUT2D eigenvalue weighted by Gasteiger charge is -2.40. The van der Waals surface area contributed by atoms with Crippen LogP contribution in [-0.4, -0.2) is 55.1 Å². The SMILES string of the molecule is CCCC1NCN(CC2(C)CCN(C)CC2)C1=O. The Morgan fingerprint density at radius 1 is 1.39 bits per heavy atom. The van der Waals surface area contributed by atoms with Gasteiger partial charge in [0, 0.05) is 6.54 Å². The van der Waals surface area contributed by atoms with Gasteiger partial charge in [0.1, 0.15) is 0 Å². The van der Waals surface area contributed by atoms with Crippen molar-refractivity contribution in [2.24, 2.45) is 5.41 Å². The van der Waals surface area contributed by atoms with E-state index in [9.17, 15) is 4.79 Å². The van der Waals surface area contributed by atoms with Gasteiger partial charge < -0.3 is 9.80 Å². The Bertz CT molecular complexity index is 297. The number of piperidine rings is 1. The Labute approximate surface area is 111 Å². The van der Waals surface area contributed by atoms with Crippen LogP contribution in [0.4, 0.5) is 0 Å². The molecular weight excluding hydrogens is 226 g/mol. The Balaban J connectivity index is 1.88. The minimum atomic E-state index is 0.0739. The van der Waals surface area contributed by atoms with Gasteiger partial charge in [-0.1, -0.05) is 20.3 Å². The molecule has 1 amide bonds. The van der Waals surface area contributed by atoms with Gasteiger partial charge in [0.2, 0.25) is 5.91 Å². The smallest absolute Gasteiger partial charge is 0.240 e. The van der Waals surface area contributed by atoms with Crippen LogP contribution in [0.25, 0.3) is 0 Å². The maximum absolute atomic E-state index is 12.2. The zero-order valence-electron chi connectivity index (χ0n) is 12.0. The molecule has 0 aliphatic carbocycles. The fraction of sp³-hybridized carbons (Fsp3) is 0.929. The summed E-state index contributed by atoms with van der Waals surface area (Å²) in [7, 11) is 2.18. The van der Waals surface area contributed by atoms with Crippen molar-refractivity contribution in [1.82, 2.24) is 15.1 Å². The van der Waals surface area contributed by atoms with Gasteiger partial charge in [0.25, 0.3) is 0 Å². The summed E-state index contributed by atoms with van der Waals surface area (Å²) < 4.78 is 0. The highest BCUT2D eigenvalue weighted by Gasteiger charge is 2.37. The van der Waals surface area contributed by atoms with E-state index < -0.39 is 0 Å². The first-order valence-corrected chi connectivity index (χ1v) is 7.25. The molecule has 1 N–H and O–H groups in total. The van der Waals surface area contributed by atoms with Crippen LogP contribution in [0.5, 0.6) is 0 Å². The van der Waals surface area contributed by atoms with Crippen LogP contribution in [0.1, 0.15) is 39.5 Å². The maximum Gasteiger partial charge on any atom is 0.240 e. The van der Waals surface area contributed by atoms with Crippen molar-refractivity contribution >= 4 is 5.91 Å². The van der Waals surface area contributed by atoms with Crippen LogP contribution < -0.4 is 5.32 Å². The van der Waals surface area contributed by atoms with Gasteiger partial charge in [0.15, 0.2) is 0 Å². The third-order valence-electron chi connectivity index (χ3n) is 4.48. The van der Waals surface area contributed by atoms with E-state index >= 15 is 0 Å². The van der Waals surface area contributed by atoms with E-state index in [1.165, 1.54) is 12.8 Å². The largest absolute Gasteiger partial charge is 0.328 e. The number of carbonyl (C=O) groups is 1. The van der Waals surface area contributed by atoms with Crippen molar-refractivity contribution in [1.29, 1.82) is 0 Å². The summed E-state index contributed by atoms with van der Waals surface area (Å²) in [6.07, 6.45) is 4.44. The molecule has 4 nitrogen and oxygen atoms in total. The van der Waals surface area contributed by atoms with Crippen LogP contribution in [0.2, 0.25) is 0 Å². The summed E-state index contributed by atoms with van der Waals surface area (Å²) >= 11 is 0. The van der Waals surface area contributed by atoms with Gasteiger partial charge in [-0.3, -0.25) is 10.1 Å². The monoisotopic (exact) mass is 253 g/mol. The van der Waals surface area contributed by atoms with Crippen molar-refractivity contribution in [2.75, 3.05) is 33.4 Å². The molecule has 2 fully saturated rings. The average molecular weight is 253 g/mol. The molecule has 1 atom stereocenters. The lowest BCUT2D eigenvalue weighted by Crippen LogP contribution is -2.44. The Hall–Kier alpha value is -0.610. The minimum absolute atomic E-state index is 0.0739. The first-order chi connectivity index (χ1) is 8.54.